The Balaban J connectivity index is 2.13. The van der Waals surface area contributed by atoms with E-state index in [0.717, 1.165) is 5.57 Å². The number of rotatable bonds is 8. The van der Waals surface area contributed by atoms with Crippen molar-refractivity contribution in [3.63, 3.8) is 0 Å². The molecular weight excluding hydrogens is 420 g/mol. The molecule has 29 heavy (non-hydrogen) atoms. The number of ether oxygens (including phenoxy) is 2. The Morgan fingerprint density at radius 1 is 1.31 bits per heavy atom. The molecule has 1 aromatic rings. The predicted octanol–water partition coefficient (Wildman–Crippen LogP) is 1.94. The van der Waals surface area contributed by atoms with Crippen molar-refractivity contribution in [1.29, 1.82) is 0 Å². The van der Waals surface area contributed by atoms with Gasteiger partial charge < -0.3 is 14.4 Å². The summed E-state index contributed by atoms with van der Waals surface area (Å²) in [4.78, 5) is 26.1. The molecule has 10 heteroatoms. The molecule has 1 saturated heterocycles. The quantitative estimate of drug-likeness (QED) is 0.449. The van der Waals surface area contributed by atoms with Gasteiger partial charge >= 0.3 is 5.97 Å². The Labute approximate surface area is 176 Å². The number of nitrogens with zero attached hydrogens (tertiary/aromatic N) is 2. The lowest BCUT2D eigenvalue weighted by molar-refractivity contribution is -0.133. The number of esters is 1. The first-order chi connectivity index (χ1) is 13.7. The van der Waals surface area contributed by atoms with Gasteiger partial charge in [-0.1, -0.05) is 23.8 Å². The number of likely N-dealkylation sites (N-methyl/N-ethyl adjacent to an activating group) is 1. The fourth-order valence-electron chi connectivity index (χ4n) is 2.76. The molecule has 0 aromatic heterocycles. The molecule has 1 amide bonds. The largest absolute Gasteiger partial charge is 0.452 e. The molecule has 1 aliphatic rings. The highest BCUT2D eigenvalue weighted by Crippen LogP contribution is 2.24. The smallest absolute Gasteiger partial charge is 0.340 e. The van der Waals surface area contributed by atoms with Crippen molar-refractivity contribution < 1.29 is 27.5 Å². The van der Waals surface area contributed by atoms with E-state index in [1.54, 1.807) is 13.8 Å². The van der Waals surface area contributed by atoms with Crippen LogP contribution < -0.4 is 0 Å². The summed E-state index contributed by atoms with van der Waals surface area (Å²) in [6, 6.07) is 3.83. The van der Waals surface area contributed by atoms with Crippen LogP contribution in [0.25, 0.3) is 0 Å². The number of benzene rings is 1. The van der Waals surface area contributed by atoms with Gasteiger partial charge in [0.05, 0.1) is 28.7 Å². The second-order valence-corrected chi connectivity index (χ2v) is 8.94. The Hall–Kier alpha value is -1.94. The van der Waals surface area contributed by atoms with Gasteiger partial charge in [-0.2, -0.15) is 4.31 Å². The molecule has 160 valence electrons. The molecule has 0 atom stereocenters. The summed E-state index contributed by atoms with van der Waals surface area (Å²) in [6.07, 6.45) is 0. The molecule has 0 unspecified atom stereocenters. The monoisotopic (exact) mass is 444 g/mol. The normalized spacial score (nSPS) is 15.0. The van der Waals surface area contributed by atoms with Crippen molar-refractivity contribution in [2.24, 2.45) is 0 Å². The minimum Gasteiger partial charge on any atom is -0.452 e. The molecule has 0 N–H and O–H groups in total. The molecule has 0 radical (unpaired) electrons. The van der Waals surface area contributed by atoms with Gasteiger partial charge in [-0.3, -0.25) is 4.79 Å². The van der Waals surface area contributed by atoms with E-state index in [4.69, 9.17) is 21.1 Å². The van der Waals surface area contributed by atoms with Crippen LogP contribution in [0.1, 0.15) is 24.2 Å². The van der Waals surface area contributed by atoms with Crippen LogP contribution in [0.15, 0.2) is 35.2 Å². The van der Waals surface area contributed by atoms with Gasteiger partial charge in [-0.25, -0.2) is 13.2 Å². The lowest BCUT2D eigenvalue weighted by Gasteiger charge is -2.26. The van der Waals surface area contributed by atoms with Crippen LogP contribution in [0.3, 0.4) is 0 Å². The van der Waals surface area contributed by atoms with Gasteiger partial charge in [0.2, 0.25) is 10.0 Å². The third-order valence-electron chi connectivity index (χ3n) is 4.29. The molecule has 1 aromatic carbocycles. The molecule has 0 aliphatic carbocycles. The van der Waals surface area contributed by atoms with E-state index in [1.807, 2.05) is 0 Å². The van der Waals surface area contributed by atoms with E-state index in [2.05, 4.69) is 6.58 Å². The van der Waals surface area contributed by atoms with Gasteiger partial charge in [0, 0.05) is 26.2 Å². The number of sulfonamides is 1. The standard InChI is InChI=1S/C19H25ClN2O6S/c1-4-21(12-14(2)3)18(23)13-28-19(24)16-11-15(5-6-17(16)20)29(25,26)22-7-9-27-10-8-22/h5-6,11H,2,4,7-10,12-13H2,1,3H3. The van der Waals surface area contributed by atoms with Crippen molar-refractivity contribution in [1.82, 2.24) is 9.21 Å². The number of morpholine rings is 1. The van der Waals surface area contributed by atoms with Crippen molar-refractivity contribution >= 4 is 33.5 Å². The molecule has 0 saturated carbocycles. The predicted molar refractivity (Wildman–Crippen MR) is 108 cm³/mol. The van der Waals surface area contributed by atoms with Crippen LogP contribution in [-0.4, -0.2) is 75.5 Å². The second-order valence-electron chi connectivity index (χ2n) is 6.60. The zero-order valence-electron chi connectivity index (χ0n) is 16.5. The van der Waals surface area contributed by atoms with Gasteiger partial charge in [0.25, 0.3) is 5.91 Å². The first-order valence-electron chi connectivity index (χ1n) is 9.13. The Bertz CT molecular complexity index is 881. The summed E-state index contributed by atoms with van der Waals surface area (Å²) in [5.74, 6) is -1.24. The van der Waals surface area contributed by atoms with E-state index < -0.39 is 22.6 Å². The Kier molecular flexibility index (Phi) is 8.21. The molecule has 8 nitrogen and oxygen atoms in total. The second kappa shape index (κ2) is 10.2. The van der Waals surface area contributed by atoms with E-state index in [-0.39, 0.29) is 34.5 Å². The zero-order chi connectivity index (χ0) is 21.6. The maximum Gasteiger partial charge on any atom is 0.340 e. The summed E-state index contributed by atoms with van der Waals surface area (Å²) in [7, 11) is -3.79. The average molecular weight is 445 g/mol. The molecule has 1 fully saturated rings. The molecule has 0 spiro atoms. The molecular formula is C19H25ClN2O6S. The fourth-order valence-corrected chi connectivity index (χ4v) is 4.39. The van der Waals surface area contributed by atoms with Gasteiger partial charge in [-0.15, -0.1) is 0 Å². The summed E-state index contributed by atoms with van der Waals surface area (Å²) in [5, 5.41) is 0.0395. The summed E-state index contributed by atoms with van der Waals surface area (Å²) >= 11 is 6.06. The Morgan fingerprint density at radius 2 is 1.97 bits per heavy atom. The highest BCUT2D eigenvalue weighted by molar-refractivity contribution is 7.89. The summed E-state index contributed by atoms with van der Waals surface area (Å²) in [6.45, 7) is 8.77. The van der Waals surface area contributed by atoms with Crippen LogP contribution in [0, 0.1) is 0 Å². The van der Waals surface area contributed by atoms with Crippen LogP contribution in [0.4, 0.5) is 0 Å². The van der Waals surface area contributed by atoms with Crippen LogP contribution in [-0.2, 0) is 24.3 Å². The van der Waals surface area contributed by atoms with Crippen molar-refractivity contribution in [3.8, 4) is 0 Å². The highest BCUT2D eigenvalue weighted by atomic mass is 35.5. The van der Waals surface area contributed by atoms with E-state index in [1.165, 1.54) is 27.4 Å². The molecule has 1 heterocycles. The number of carbonyl (C=O) groups is 2. The first kappa shape index (κ1) is 23.3. The number of amides is 1. The lowest BCUT2D eigenvalue weighted by atomic mass is 10.2. The minimum atomic E-state index is -3.79. The van der Waals surface area contributed by atoms with E-state index >= 15 is 0 Å². The number of hydrogen-bond donors (Lipinski definition) is 0. The van der Waals surface area contributed by atoms with Gasteiger partial charge in [-0.05, 0) is 32.0 Å². The SMILES string of the molecule is C=C(C)CN(CC)C(=O)COC(=O)c1cc(S(=O)(=O)N2CCOCC2)ccc1Cl. The molecule has 2 rings (SSSR count). The lowest BCUT2D eigenvalue weighted by Crippen LogP contribution is -2.40. The summed E-state index contributed by atoms with van der Waals surface area (Å²) in [5.41, 5.74) is 0.687. The molecule has 0 bridgehead atoms. The minimum absolute atomic E-state index is 0.0395. The van der Waals surface area contributed by atoms with E-state index in [9.17, 15) is 18.0 Å². The van der Waals surface area contributed by atoms with Crippen molar-refractivity contribution in [2.45, 2.75) is 18.7 Å². The summed E-state index contributed by atoms with van der Waals surface area (Å²) < 4.78 is 37.1. The van der Waals surface area contributed by atoms with Crippen LogP contribution in [0.2, 0.25) is 5.02 Å². The highest BCUT2D eigenvalue weighted by Gasteiger charge is 2.28. The van der Waals surface area contributed by atoms with Gasteiger partial charge in [0.1, 0.15) is 0 Å². The first-order valence-corrected chi connectivity index (χ1v) is 10.9. The molecule has 1 aliphatic heterocycles. The van der Waals surface area contributed by atoms with E-state index in [0.29, 0.717) is 26.3 Å². The van der Waals surface area contributed by atoms with Gasteiger partial charge in [0.15, 0.2) is 6.61 Å². The zero-order valence-corrected chi connectivity index (χ0v) is 18.1. The van der Waals surface area contributed by atoms with Crippen molar-refractivity contribution in [2.75, 3.05) is 46.0 Å². The number of halogens is 1. The third kappa shape index (κ3) is 6.02. The van der Waals surface area contributed by atoms with Crippen LogP contribution in [0.5, 0.6) is 0 Å². The van der Waals surface area contributed by atoms with Crippen LogP contribution >= 0.6 is 11.6 Å². The Morgan fingerprint density at radius 3 is 2.55 bits per heavy atom. The maximum atomic E-state index is 12.8. The maximum absolute atomic E-state index is 12.8. The fraction of sp³-hybridized carbons (Fsp3) is 0.474. The number of hydrogen-bond acceptors (Lipinski definition) is 6. The van der Waals surface area contributed by atoms with Crippen molar-refractivity contribution in [3.05, 3.63) is 40.9 Å². The number of carbonyl (C=O) groups excluding carboxylic acids is 2. The topological polar surface area (TPSA) is 93.2 Å². The average Bonchev–Trinajstić information content (AvgIpc) is 2.70. The third-order valence-corrected chi connectivity index (χ3v) is 6.51.